The lowest BCUT2D eigenvalue weighted by Gasteiger charge is -2.25. The van der Waals surface area contributed by atoms with E-state index >= 15 is 0 Å². The van der Waals surface area contributed by atoms with E-state index in [2.05, 4.69) is 4.72 Å². The van der Waals surface area contributed by atoms with E-state index in [1.54, 1.807) is 19.9 Å². The number of likely N-dealkylation sites (N-methyl/N-ethyl adjacent to an activating group) is 1. The minimum absolute atomic E-state index is 0.00789. The predicted molar refractivity (Wildman–Crippen MR) is 80.2 cm³/mol. The Hall–Kier alpha value is -1.15. The van der Waals surface area contributed by atoms with Crippen molar-refractivity contribution in [2.75, 3.05) is 14.2 Å². The summed E-state index contributed by atoms with van der Waals surface area (Å²) in [6.45, 7) is 3.49. The average Bonchev–Trinajstić information content (AvgIpc) is 2.43. The number of sulfonamides is 1. The van der Waals surface area contributed by atoms with Gasteiger partial charge in [-0.25, -0.2) is 13.5 Å². The van der Waals surface area contributed by atoms with Crippen LogP contribution in [0.25, 0.3) is 0 Å². The number of nitrogens with zero attached hydrogens (tertiary/aromatic N) is 1. The first-order valence-corrected chi connectivity index (χ1v) is 8.14. The zero-order valence-corrected chi connectivity index (χ0v) is 13.9. The lowest BCUT2D eigenvalue weighted by Crippen LogP contribution is -2.49. The maximum atomic E-state index is 12.3. The number of benzene rings is 1. The topological polar surface area (TPSA) is 75.7 Å². The highest BCUT2D eigenvalue weighted by Crippen LogP contribution is 2.17. The molecule has 118 valence electrons. The SMILES string of the molecule is CON(C)C(=O)[C@H](NS(=O)(=O)c1cccc(Cl)c1)C(C)C. The maximum Gasteiger partial charge on any atom is 0.264 e. The number of hydroxylamine groups is 2. The zero-order chi connectivity index (χ0) is 16.2. The van der Waals surface area contributed by atoms with Crippen molar-refractivity contribution in [2.45, 2.75) is 24.8 Å². The normalized spacial score (nSPS) is 13.2. The summed E-state index contributed by atoms with van der Waals surface area (Å²) >= 11 is 5.80. The predicted octanol–water partition coefficient (Wildman–Crippen LogP) is 1.66. The summed E-state index contributed by atoms with van der Waals surface area (Å²) in [6.07, 6.45) is 0. The molecule has 6 nitrogen and oxygen atoms in total. The summed E-state index contributed by atoms with van der Waals surface area (Å²) in [5.74, 6) is -0.720. The molecule has 0 aliphatic rings. The third kappa shape index (κ3) is 4.67. The van der Waals surface area contributed by atoms with Crippen LogP contribution in [-0.4, -0.2) is 39.6 Å². The molecule has 1 atom stereocenters. The Morgan fingerprint density at radius 2 is 2.00 bits per heavy atom. The Balaban J connectivity index is 3.06. The van der Waals surface area contributed by atoms with Crippen LogP contribution in [0.15, 0.2) is 29.2 Å². The van der Waals surface area contributed by atoms with E-state index < -0.39 is 22.0 Å². The minimum atomic E-state index is -3.85. The lowest BCUT2D eigenvalue weighted by atomic mass is 10.1. The van der Waals surface area contributed by atoms with Crippen molar-refractivity contribution in [3.8, 4) is 0 Å². The quantitative estimate of drug-likeness (QED) is 0.803. The molecule has 1 rings (SSSR count). The van der Waals surface area contributed by atoms with Crippen molar-refractivity contribution in [3.63, 3.8) is 0 Å². The number of hydrogen-bond acceptors (Lipinski definition) is 4. The highest BCUT2D eigenvalue weighted by molar-refractivity contribution is 7.89. The summed E-state index contributed by atoms with van der Waals surface area (Å²) in [5, 5.41) is 1.30. The van der Waals surface area contributed by atoms with Gasteiger partial charge in [0.1, 0.15) is 6.04 Å². The van der Waals surface area contributed by atoms with Gasteiger partial charge < -0.3 is 0 Å². The monoisotopic (exact) mass is 334 g/mol. The van der Waals surface area contributed by atoms with Gasteiger partial charge in [-0.1, -0.05) is 31.5 Å². The molecule has 0 radical (unpaired) electrons. The summed E-state index contributed by atoms with van der Waals surface area (Å²) in [4.78, 5) is 17.0. The van der Waals surface area contributed by atoms with Crippen LogP contribution in [-0.2, 0) is 19.7 Å². The van der Waals surface area contributed by atoms with Crippen LogP contribution in [0, 0.1) is 5.92 Å². The van der Waals surface area contributed by atoms with Gasteiger partial charge in [0, 0.05) is 12.1 Å². The highest BCUT2D eigenvalue weighted by Gasteiger charge is 2.30. The van der Waals surface area contributed by atoms with E-state index in [1.165, 1.54) is 32.4 Å². The second-order valence-corrected chi connectivity index (χ2v) is 6.97. The number of hydrogen-bond donors (Lipinski definition) is 1. The molecule has 1 amide bonds. The van der Waals surface area contributed by atoms with Gasteiger partial charge in [-0.05, 0) is 24.1 Å². The number of rotatable bonds is 6. The van der Waals surface area contributed by atoms with Gasteiger partial charge in [0.2, 0.25) is 10.0 Å². The molecule has 0 aromatic heterocycles. The molecular formula is C13H19ClN2O4S. The Kier molecular flexibility index (Phi) is 6.15. The molecule has 0 aliphatic heterocycles. The molecule has 1 aromatic rings. The first-order valence-electron chi connectivity index (χ1n) is 6.28. The molecule has 8 heteroatoms. The fourth-order valence-electron chi connectivity index (χ4n) is 1.63. The van der Waals surface area contributed by atoms with E-state index in [1.807, 2.05) is 0 Å². The minimum Gasteiger partial charge on any atom is -0.275 e. The van der Waals surface area contributed by atoms with Crippen molar-refractivity contribution >= 4 is 27.5 Å². The first-order chi connectivity index (χ1) is 9.69. The van der Waals surface area contributed by atoms with Crippen LogP contribution >= 0.6 is 11.6 Å². The average molecular weight is 335 g/mol. The standard InChI is InChI=1S/C13H19ClN2O4S/c1-9(2)12(13(17)16(3)20-4)15-21(18,19)11-7-5-6-10(14)8-11/h5-9,12,15H,1-4H3/t12-/m1/s1. The van der Waals surface area contributed by atoms with Crippen LogP contribution < -0.4 is 4.72 Å². The van der Waals surface area contributed by atoms with Crippen molar-refractivity contribution in [1.82, 2.24) is 9.79 Å². The van der Waals surface area contributed by atoms with Gasteiger partial charge in [-0.15, -0.1) is 0 Å². The number of amides is 1. The summed E-state index contributed by atoms with van der Waals surface area (Å²) < 4.78 is 27.1. The Bertz CT molecular complexity index is 604. The molecule has 0 aliphatic carbocycles. The van der Waals surface area contributed by atoms with E-state index in [4.69, 9.17) is 16.4 Å². The molecule has 21 heavy (non-hydrogen) atoms. The van der Waals surface area contributed by atoms with Crippen molar-refractivity contribution in [2.24, 2.45) is 5.92 Å². The van der Waals surface area contributed by atoms with E-state index in [0.717, 1.165) is 5.06 Å². The van der Waals surface area contributed by atoms with Crippen LogP contribution in [0.4, 0.5) is 0 Å². The molecule has 0 saturated heterocycles. The number of halogens is 1. The highest BCUT2D eigenvalue weighted by atomic mass is 35.5. The van der Waals surface area contributed by atoms with Gasteiger partial charge >= 0.3 is 0 Å². The second-order valence-electron chi connectivity index (χ2n) is 4.82. The lowest BCUT2D eigenvalue weighted by molar-refractivity contribution is -0.171. The largest absolute Gasteiger partial charge is 0.275 e. The molecule has 0 fully saturated rings. The molecule has 1 N–H and O–H groups in total. The van der Waals surface area contributed by atoms with Gasteiger partial charge in [0.05, 0.1) is 12.0 Å². The third-order valence-electron chi connectivity index (χ3n) is 2.91. The smallest absolute Gasteiger partial charge is 0.264 e. The molecular weight excluding hydrogens is 316 g/mol. The Labute approximate surface area is 130 Å². The van der Waals surface area contributed by atoms with Gasteiger partial charge in [-0.3, -0.25) is 9.63 Å². The second kappa shape index (κ2) is 7.22. The fraction of sp³-hybridized carbons (Fsp3) is 0.462. The van der Waals surface area contributed by atoms with Crippen molar-refractivity contribution < 1.29 is 18.0 Å². The van der Waals surface area contributed by atoms with Crippen LogP contribution in [0.5, 0.6) is 0 Å². The molecule has 1 aromatic carbocycles. The van der Waals surface area contributed by atoms with Gasteiger partial charge in [-0.2, -0.15) is 4.72 Å². The van der Waals surface area contributed by atoms with Crippen LogP contribution in [0.1, 0.15) is 13.8 Å². The maximum absolute atomic E-state index is 12.3. The van der Waals surface area contributed by atoms with Crippen molar-refractivity contribution in [3.05, 3.63) is 29.3 Å². The third-order valence-corrected chi connectivity index (χ3v) is 4.58. The molecule has 0 saturated carbocycles. The number of carbonyl (C=O) groups excluding carboxylic acids is 1. The first kappa shape index (κ1) is 17.9. The zero-order valence-electron chi connectivity index (χ0n) is 12.3. The van der Waals surface area contributed by atoms with Gasteiger partial charge in [0.15, 0.2) is 0 Å². The molecule has 0 spiro atoms. The Morgan fingerprint density at radius 1 is 1.38 bits per heavy atom. The summed E-state index contributed by atoms with van der Waals surface area (Å²) in [6, 6.07) is 4.91. The number of nitrogens with one attached hydrogen (secondary N) is 1. The van der Waals surface area contributed by atoms with Crippen LogP contribution in [0.2, 0.25) is 5.02 Å². The van der Waals surface area contributed by atoms with Crippen molar-refractivity contribution in [1.29, 1.82) is 0 Å². The number of carbonyl (C=O) groups is 1. The van der Waals surface area contributed by atoms with E-state index in [-0.39, 0.29) is 10.8 Å². The molecule has 0 heterocycles. The molecule has 0 unspecified atom stereocenters. The Morgan fingerprint density at radius 3 is 2.48 bits per heavy atom. The molecule has 0 bridgehead atoms. The van der Waals surface area contributed by atoms with Gasteiger partial charge in [0.25, 0.3) is 5.91 Å². The summed E-state index contributed by atoms with van der Waals surface area (Å²) in [5.41, 5.74) is 0. The fourth-order valence-corrected chi connectivity index (χ4v) is 3.27. The van der Waals surface area contributed by atoms with E-state index in [9.17, 15) is 13.2 Å². The van der Waals surface area contributed by atoms with E-state index in [0.29, 0.717) is 5.02 Å². The van der Waals surface area contributed by atoms with Crippen LogP contribution in [0.3, 0.4) is 0 Å². The summed E-state index contributed by atoms with van der Waals surface area (Å²) in [7, 11) is -1.10.